The molecule has 1 unspecified atom stereocenters. The molecule has 0 bridgehead atoms. The van der Waals surface area contributed by atoms with E-state index in [0.717, 1.165) is 0 Å². The van der Waals surface area contributed by atoms with E-state index in [1.807, 2.05) is 0 Å². The molecule has 1 atom stereocenters. The van der Waals surface area contributed by atoms with Crippen LogP contribution in [0.15, 0.2) is 53.4 Å². The van der Waals surface area contributed by atoms with Gasteiger partial charge in [0.05, 0.1) is 16.6 Å². The minimum atomic E-state index is -3.41. The lowest BCUT2D eigenvalue weighted by molar-refractivity contribution is -0.136. The molecule has 0 aliphatic heterocycles. The summed E-state index contributed by atoms with van der Waals surface area (Å²) < 4.78 is 44.8. The fourth-order valence-electron chi connectivity index (χ4n) is 3.14. The third-order valence-electron chi connectivity index (χ3n) is 4.98. The quantitative estimate of drug-likeness (QED) is 0.429. The molecule has 8 nitrogen and oxygen atoms in total. The van der Waals surface area contributed by atoms with Crippen molar-refractivity contribution in [2.75, 3.05) is 5.32 Å². The Balaban J connectivity index is 1.60. The van der Waals surface area contributed by atoms with Crippen molar-refractivity contribution in [3.05, 3.63) is 69.9 Å². The zero-order valence-electron chi connectivity index (χ0n) is 17.4. The Bertz CT molecular complexity index is 1320. The van der Waals surface area contributed by atoms with Crippen molar-refractivity contribution in [2.24, 2.45) is 0 Å². The van der Waals surface area contributed by atoms with Gasteiger partial charge in [-0.15, -0.1) is 0 Å². The van der Waals surface area contributed by atoms with Gasteiger partial charge in [0, 0.05) is 10.6 Å². The maximum atomic E-state index is 14.0. The zero-order chi connectivity index (χ0) is 24.5. The minimum absolute atomic E-state index is 0.128. The lowest BCUT2D eigenvalue weighted by Crippen LogP contribution is -2.25. The Hall–Kier alpha value is -3.02. The highest BCUT2D eigenvalue weighted by molar-refractivity contribution is 7.92. The number of sulfone groups is 1. The number of halogens is 2. The van der Waals surface area contributed by atoms with Crippen molar-refractivity contribution in [1.29, 1.82) is 0 Å². The van der Waals surface area contributed by atoms with Crippen molar-refractivity contribution in [1.82, 2.24) is 4.98 Å². The number of carbonyl (C=O) groups is 2. The largest absolute Gasteiger partial charge is 0.481 e. The highest BCUT2D eigenvalue weighted by atomic mass is 35.5. The molecule has 1 aliphatic rings. The number of carboxylic acid groups (broad SMARTS) is 1. The molecule has 1 heterocycles. The van der Waals surface area contributed by atoms with E-state index in [1.54, 1.807) is 24.3 Å². The number of aromatic nitrogens is 1. The Morgan fingerprint density at radius 1 is 1.18 bits per heavy atom. The van der Waals surface area contributed by atoms with E-state index < -0.39 is 39.4 Å². The van der Waals surface area contributed by atoms with Crippen molar-refractivity contribution in [3.63, 3.8) is 0 Å². The van der Waals surface area contributed by atoms with Crippen LogP contribution in [0.3, 0.4) is 0 Å². The van der Waals surface area contributed by atoms with Gasteiger partial charge in [-0.25, -0.2) is 13.4 Å². The minimum Gasteiger partial charge on any atom is -0.481 e. The molecule has 0 radical (unpaired) electrons. The fourth-order valence-corrected chi connectivity index (χ4v) is 5.63. The van der Waals surface area contributed by atoms with E-state index in [-0.39, 0.29) is 21.0 Å². The number of thiazole rings is 1. The molecule has 34 heavy (non-hydrogen) atoms. The standard InChI is InChI=1S/C22H18ClFN2O6S2/c23-13-3-5-14(6-4-13)32-19(12-1-7-15(8-2-12)34(30,31)16-9-10-16)21(29)26-22-25-17(11-18(27)28)20(24)33-22/h1-8,16,19H,9-11H2,(H,27,28)(H,25,26,29). The SMILES string of the molecule is O=C(O)Cc1nc(NC(=O)C(Oc2ccc(Cl)cc2)c2ccc(S(=O)(=O)C3CC3)cc2)sc1F. The lowest BCUT2D eigenvalue weighted by atomic mass is 10.1. The molecule has 3 aromatic rings. The number of nitrogens with one attached hydrogen (secondary N) is 1. The van der Waals surface area contributed by atoms with Crippen molar-refractivity contribution >= 4 is 49.8 Å². The summed E-state index contributed by atoms with van der Waals surface area (Å²) in [7, 11) is -3.41. The predicted octanol–water partition coefficient (Wildman–Crippen LogP) is 4.26. The van der Waals surface area contributed by atoms with Gasteiger partial charge in [0.2, 0.25) is 11.2 Å². The van der Waals surface area contributed by atoms with Gasteiger partial charge in [0.15, 0.2) is 15.0 Å². The molecule has 0 saturated heterocycles. The predicted molar refractivity (Wildman–Crippen MR) is 124 cm³/mol. The summed E-state index contributed by atoms with van der Waals surface area (Å²) >= 11 is 6.40. The van der Waals surface area contributed by atoms with Gasteiger partial charge in [-0.2, -0.15) is 4.39 Å². The highest BCUT2D eigenvalue weighted by Crippen LogP contribution is 2.34. The molecule has 12 heteroatoms. The number of amides is 1. The molecule has 178 valence electrons. The number of hydrogen-bond acceptors (Lipinski definition) is 7. The van der Waals surface area contributed by atoms with E-state index in [9.17, 15) is 22.4 Å². The number of aliphatic carboxylic acids is 1. The Labute approximate surface area is 203 Å². The molecule has 2 N–H and O–H groups in total. The van der Waals surface area contributed by atoms with Crippen LogP contribution in [0.1, 0.15) is 30.2 Å². The van der Waals surface area contributed by atoms with Gasteiger partial charge in [-0.05, 0) is 49.2 Å². The monoisotopic (exact) mass is 524 g/mol. The van der Waals surface area contributed by atoms with Crippen molar-refractivity contribution < 1.29 is 32.2 Å². The third-order valence-corrected chi connectivity index (χ3v) is 8.31. The summed E-state index contributed by atoms with van der Waals surface area (Å²) in [5.74, 6) is -1.65. The second kappa shape index (κ2) is 9.69. The van der Waals surface area contributed by atoms with Crippen LogP contribution in [0.5, 0.6) is 5.75 Å². The first kappa shape index (κ1) is 24.1. The summed E-state index contributed by atoms with van der Waals surface area (Å²) in [6.07, 6.45) is -0.611. The van der Waals surface area contributed by atoms with Gasteiger partial charge in [0.25, 0.3) is 5.91 Å². The average Bonchev–Trinajstić information content (AvgIpc) is 3.59. The molecular weight excluding hydrogens is 507 g/mol. The van der Waals surface area contributed by atoms with Crippen LogP contribution in [-0.2, 0) is 25.8 Å². The third kappa shape index (κ3) is 5.54. The van der Waals surface area contributed by atoms with Gasteiger partial charge in [-0.3, -0.25) is 14.9 Å². The maximum absolute atomic E-state index is 14.0. The first-order valence-electron chi connectivity index (χ1n) is 10.1. The maximum Gasteiger partial charge on any atom is 0.309 e. The van der Waals surface area contributed by atoms with E-state index in [4.69, 9.17) is 21.4 Å². The van der Waals surface area contributed by atoms with Crippen LogP contribution in [0.2, 0.25) is 5.02 Å². The number of hydrogen-bond donors (Lipinski definition) is 2. The molecule has 4 rings (SSSR count). The number of ether oxygens (including phenoxy) is 1. The molecule has 1 amide bonds. The number of carbonyl (C=O) groups excluding carboxylic acids is 1. The topological polar surface area (TPSA) is 123 Å². The van der Waals surface area contributed by atoms with Gasteiger partial charge in [0.1, 0.15) is 11.4 Å². The van der Waals surface area contributed by atoms with E-state index in [1.165, 1.54) is 24.3 Å². The van der Waals surface area contributed by atoms with Crippen LogP contribution >= 0.6 is 22.9 Å². The van der Waals surface area contributed by atoms with E-state index in [0.29, 0.717) is 40.5 Å². The fraction of sp³-hybridized carbons (Fsp3) is 0.227. The molecule has 1 aromatic heterocycles. The highest BCUT2D eigenvalue weighted by Gasteiger charge is 2.37. The first-order chi connectivity index (χ1) is 16.1. The number of benzene rings is 2. The van der Waals surface area contributed by atoms with Crippen LogP contribution in [0, 0.1) is 5.13 Å². The molecule has 1 saturated carbocycles. The molecule has 2 aromatic carbocycles. The van der Waals surface area contributed by atoms with Crippen LogP contribution < -0.4 is 10.1 Å². The summed E-state index contributed by atoms with van der Waals surface area (Å²) in [5.41, 5.74) is 0.0580. The van der Waals surface area contributed by atoms with Gasteiger partial charge in [-0.1, -0.05) is 35.1 Å². The van der Waals surface area contributed by atoms with E-state index >= 15 is 0 Å². The first-order valence-corrected chi connectivity index (χ1v) is 12.8. The van der Waals surface area contributed by atoms with Crippen molar-refractivity contribution in [2.45, 2.75) is 35.5 Å². The normalized spacial score (nSPS) is 14.4. The van der Waals surface area contributed by atoms with E-state index in [2.05, 4.69) is 10.3 Å². The zero-order valence-corrected chi connectivity index (χ0v) is 19.8. The molecule has 0 spiro atoms. The number of nitrogens with zero attached hydrogens (tertiary/aromatic N) is 1. The number of rotatable bonds is 9. The van der Waals surface area contributed by atoms with Gasteiger partial charge < -0.3 is 9.84 Å². The molecular formula is C22H18ClFN2O6S2. The Morgan fingerprint density at radius 2 is 1.82 bits per heavy atom. The number of anilines is 1. The summed E-state index contributed by atoms with van der Waals surface area (Å²) in [4.78, 5) is 27.9. The Morgan fingerprint density at radius 3 is 2.41 bits per heavy atom. The summed E-state index contributed by atoms with van der Waals surface area (Å²) in [6.45, 7) is 0. The molecule has 1 fully saturated rings. The summed E-state index contributed by atoms with van der Waals surface area (Å²) in [5, 5.41) is 10.5. The summed E-state index contributed by atoms with van der Waals surface area (Å²) in [6, 6.07) is 12.1. The Kier molecular flexibility index (Phi) is 6.87. The van der Waals surface area contributed by atoms with Crippen LogP contribution in [0.4, 0.5) is 9.52 Å². The van der Waals surface area contributed by atoms with Crippen molar-refractivity contribution in [3.8, 4) is 5.75 Å². The second-order valence-electron chi connectivity index (χ2n) is 7.56. The van der Waals surface area contributed by atoms with Crippen LogP contribution in [-0.4, -0.2) is 35.6 Å². The second-order valence-corrected chi connectivity index (χ2v) is 11.2. The smallest absolute Gasteiger partial charge is 0.309 e. The molecule has 1 aliphatic carbocycles. The van der Waals surface area contributed by atoms with Crippen LogP contribution in [0.25, 0.3) is 0 Å². The lowest BCUT2D eigenvalue weighted by Gasteiger charge is -2.19. The average molecular weight is 525 g/mol. The van der Waals surface area contributed by atoms with Gasteiger partial charge >= 0.3 is 5.97 Å². The number of carboxylic acids is 1.